The van der Waals surface area contributed by atoms with Crippen LogP contribution in [0.2, 0.25) is 0 Å². The summed E-state index contributed by atoms with van der Waals surface area (Å²) < 4.78 is 6.78. The van der Waals surface area contributed by atoms with Gasteiger partial charge in [0.25, 0.3) is 0 Å². The molecule has 1 aliphatic heterocycles. The monoisotopic (exact) mass is 411 g/mol. The largest absolute Gasteiger partial charge is 0.457 e. The van der Waals surface area contributed by atoms with Gasteiger partial charge in [0.1, 0.15) is 11.5 Å². The summed E-state index contributed by atoms with van der Waals surface area (Å²) in [5.41, 5.74) is 0.602. The molecule has 3 atom stereocenters. The summed E-state index contributed by atoms with van der Waals surface area (Å²) in [5.74, 6) is 0.793. The van der Waals surface area contributed by atoms with Gasteiger partial charge in [0.2, 0.25) is 11.8 Å². The highest BCUT2D eigenvalue weighted by atomic mass is 79.9. The van der Waals surface area contributed by atoms with E-state index in [1.165, 1.54) is 4.90 Å². The third-order valence-corrected chi connectivity index (χ3v) is 5.55. The van der Waals surface area contributed by atoms with E-state index in [0.29, 0.717) is 17.9 Å². The lowest BCUT2D eigenvalue weighted by molar-refractivity contribution is -0.122. The van der Waals surface area contributed by atoms with Gasteiger partial charge in [-0.15, -0.1) is 0 Å². The molecular weight excluding hydrogens is 394 g/mol. The van der Waals surface area contributed by atoms with Crippen LogP contribution in [0.3, 0.4) is 0 Å². The smallest absolute Gasteiger partial charge is 0.238 e. The van der Waals surface area contributed by atoms with Crippen molar-refractivity contribution in [2.24, 2.45) is 17.8 Å². The van der Waals surface area contributed by atoms with Gasteiger partial charge in [-0.25, -0.2) is 0 Å². The highest BCUT2D eigenvalue weighted by Gasteiger charge is 2.50. The van der Waals surface area contributed by atoms with Gasteiger partial charge in [0, 0.05) is 4.47 Å². The van der Waals surface area contributed by atoms with Gasteiger partial charge < -0.3 is 4.74 Å². The number of rotatable bonds is 3. The fraction of sp³-hybridized carbons (Fsp3) is 0.238. The number of benzene rings is 2. The lowest BCUT2D eigenvalue weighted by atomic mass is 9.78. The van der Waals surface area contributed by atoms with E-state index in [1.807, 2.05) is 43.3 Å². The zero-order valence-electron chi connectivity index (χ0n) is 14.3. The van der Waals surface area contributed by atoms with Gasteiger partial charge in [-0.1, -0.05) is 35.0 Å². The van der Waals surface area contributed by atoms with Gasteiger partial charge in [-0.05, 0) is 60.9 Å². The van der Waals surface area contributed by atoms with Crippen LogP contribution >= 0.6 is 15.9 Å². The SMILES string of the molecule is C[C@H]1C=CC[C@H]2C(=O)N(c3ccc(Oc4ccc(Br)cc4)cc3)C(=O)[C@H]12. The van der Waals surface area contributed by atoms with Crippen molar-refractivity contribution >= 4 is 33.4 Å². The zero-order chi connectivity index (χ0) is 18.3. The third-order valence-electron chi connectivity index (χ3n) is 5.02. The minimum atomic E-state index is -0.244. The van der Waals surface area contributed by atoms with Gasteiger partial charge in [0.05, 0.1) is 17.5 Å². The van der Waals surface area contributed by atoms with Crippen LogP contribution in [-0.4, -0.2) is 11.8 Å². The number of carbonyl (C=O) groups excluding carboxylic acids is 2. The summed E-state index contributed by atoms with van der Waals surface area (Å²) in [5, 5.41) is 0. The number of amides is 2. The summed E-state index contributed by atoms with van der Waals surface area (Å²) in [6.45, 7) is 2.00. The Morgan fingerprint density at radius 1 is 0.962 bits per heavy atom. The van der Waals surface area contributed by atoms with Gasteiger partial charge in [-0.2, -0.15) is 0 Å². The van der Waals surface area contributed by atoms with Crippen LogP contribution in [0.1, 0.15) is 13.3 Å². The van der Waals surface area contributed by atoms with Crippen molar-refractivity contribution in [1.29, 1.82) is 0 Å². The van der Waals surface area contributed by atoms with Crippen LogP contribution in [0.4, 0.5) is 5.69 Å². The highest BCUT2D eigenvalue weighted by molar-refractivity contribution is 9.10. The molecule has 0 N–H and O–H groups in total. The minimum Gasteiger partial charge on any atom is -0.457 e. The van der Waals surface area contributed by atoms with Crippen molar-refractivity contribution in [3.05, 3.63) is 65.2 Å². The standard InChI is InChI=1S/C21H18BrNO3/c1-13-3-2-4-18-19(13)21(25)23(20(18)24)15-7-11-17(12-8-15)26-16-9-5-14(22)6-10-16/h2-3,5-13,18-19H,4H2,1H3/t13-,18+,19+/m0/s1. The number of hydrogen-bond acceptors (Lipinski definition) is 3. The normalized spacial score (nSPS) is 24.7. The number of imide groups is 1. The van der Waals surface area contributed by atoms with E-state index in [1.54, 1.807) is 24.3 Å². The molecule has 26 heavy (non-hydrogen) atoms. The predicted molar refractivity (Wildman–Crippen MR) is 103 cm³/mol. The predicted octanol–water partition coefficient (Wildman–Crippen LogP) is 4.94. The van der Waals surface area contributed by atoms with E-state index < -0.39 is 0 Å². The average Bonchev–Trinajstić information content (AvgIpc) is 2.90. The van der Waals surface area contributed by atoms with E-state index in [-0.39, 0.29) is 29.6 Å². The number of allylic oxidation sites excluding steroid dienone is 2. The molecule has 1 aliphatic carbocycles. The maximum Gasteiger partial charge on any atom is 0.238 e. The second-order valence-corrected chi connectivity index (χ2v) is 7.63. The molecule has 0 radical (unpaired) electrons. The third kappa shape index (κ3) is 2.97. The molecule has 0 spiro atoms. The molecule has 2 aromatic rings. The molecule has 2 amide bonds. The van der Waals surface area contributed by atoms with Crippen molar-refractivity contribution in [2.45, 2.75) is 13.3 Å². The fourth-order valence-electron chi connectivity index (χ4n) is 3.70. The van der Waals surface area contributed by atoms with Crippen molar-refractivity contribution in [1.82, 2.24) is 0 Å². The molecule has 4 nitrogen and oxygen atoms in total. The fourth-order valence-corrected chi connectivity index (χ4v) is 3.97. The van der Waals surface area contributed by atoms with Crippen molar-refractivity contribution in [3.8, 4) is 11.5 Å². The molecule has 0 bridgehead atoms. The maximum absolute atomic E-state index is 12.8. The minimum absolute atomic E-state index is 0.0928. The molecule has 0 saturated carbocycles. The van der Waals surface area contributed by atoms with Crippen molar-refractivity contribution < 1.29 is 14.3 Å². The number of anilines is 1. The van der Waals surface area contributed by atoms with Crippen LogP contribution in [0.25, 0.3) is 0 Å². The van der Waals surface area contributed by atoms with Gasteiger partial charge in [0.15, 0.2) is 0 Å². The van der Waals surface area contributed by atoms with Crippen molar-refractivity contribution in [3.63, 3.8) is 0 Å². The first-order valence-electron chi connectivity index (χ1n) is 8.62. The quantitative estimate of drug-likeness (QED) is 0.530. The molecule has 1 fully saturated rings. The summed E-state index contributed by atoms with van der Waals surface area (Å²) in [6, 6.07) is 14.6. The Labute approximate surface area is 160 Å². The summed E-state index contributed by atoms with van der Waals surface area (Å²) in [7, 11) is 0. The Morgan fingerprint density at radius 3 is 2.19 bits per heavy atom. The summed E-state index contributed by atoms with van der Waals surface area (Å²) >= 11 is 3.39. The molecule has 0 aromatic heterocycles. The first-order valence-corrected chi connectivity index (χ1v) is 9.42. The van der Waals surface area contributed by atoms with E-state index in [2.05, 4.69) is 15.9 Å². The summed E-state index contributed by atoms with van der Waals surface area (Å²) in [6.07, 6.45) is 4.68. The summed E-state index contributed by atoms with van der Waals surface area (Å²) in [4.78, 5) is 26.9. The lowest BCUT2D eigenvalue weighted by Crippen LogP contribution is -2.31. The molecule has 5 heteroatoms. The molecule has 2 aromatic carbocycles. The number of fused-ring (bicyclic) bond motifs is 1. The van der Waals surface area contributed by atoms with Crippen LogP contribution in [0.15, 0.2) is 65.2 Å². The second-order valence-electron chi connectivity index (χ2n) is 6.72. The molecular formula is C21H18BrNO3. The van der Waals surface area contributed by atoms with Crippen molar-refractivity contribution in [2.75, 3.05) is 4.90 Å². The number of hydrogen-bond donors (Lipinski definition) is 0. The maximum atomic E-state index is 12.8. The van der Waals surface area contributed by atoms with Crippen LogP contribution < -0.4 is 9.64 Å². The lowest BCUT2D eigenvalue weighted by Gasteiger charge is -2.22. The van der Waals surface area contributed by atoms with E-state index >= 15 is 0 Å². The Bertz CT molecular complexity index is 873. The molecule has 132 valence electrons. The second kappa shape index (κ2) is 6.72. The van der Waals surface area contributed by atoms with Crippen LogP contribution in [-0.2, 0) is 9.59 Å². The number of ether oxygens (including phenoxy) is 1. The van der Waals surface area contributed by atoms with Gasteiger partial charge >= 0.3 is 0 Å². The molecule has 0 unspecified atom stereocenters. The average molecular weight is 412 g/mol. The topological polar surface area (TPSA) is 46.6 Å². The first kappa shape index (κ1) is 17.0. The van der Waals surface area contributed by atoms with E-state index in [9.17, 15) is 9.59 Å². The molecule has 2 aliphatic rings. The Hall–Kier alpha value is -2.40. The number of halogens is 1. The van der Waals surface area contributed by atoms with Crippen LogP contribution in [0.5, 0.6) is 11.5 Å². The van der Waals surface area contributed by atoms with Crippen LogP contribution in [0, 0.1) is 17.8 Å². The van der Waals surface area contributed by atoms with E-state index in [0.717, 1.165) is 10.2 Å². The molecule has 1 saturated heterocycles. The molecule has 4 rings (SSSR count). The Morgan fingerprint density at radius 2 is 1.58 bits per heavy atom. The highest BCUT2D eigenvalue weighted by Crippen LogP contribution is 2.40. The Kier molecular flexibility index (Phi) is 4.41. The van der Waals surface area contributed by atoms with Gasteiger partial charge in [-0.3, -0.25) is 14.5 Å². The Balaban J connectivity index is 1.54. The first-order chi connectivity index (χ1) is 12.5. The number of nitrogens with zero attached hydrogens (tertiary/aromatic N) is 1. The van der Waals surface area contributed by atoms with E-state index in [4.69, 9.17) is 4.74 Å². The molecule has 1 heterocycles. The number of carbonyl (C=O) groups is 2. The zero-order valence-corrected chi connectivity index (χ0v) is 15.8.